The summed E-state index contributed by atoms with van der Waals surface area (Å²) in [6.07, 6.45) is 2.19. The third kappa shape index (κ3) is 6.51. The fourth-order valence-electron chi connectivity index (χ4n) is 3.37. The number of anilines is 1. The molecule has 1 saturated heterocycles. The van der Waals surface area contributed by atoms with E-state index >= 15 is 0 Å². The van der Waals surface area contributed by atoms with Crippen LogP contribution in [-0.4, -0.2) is 44.5 Å². The average molecular weight is 624 g/mol. The van der Waals surface area contributed by atoms with E-state index in [4.69, 9.17) is 39.5 Å². The molecule has 2 heterocycles. The molecule has 0 aliphatic carbocycles. The maximum Gasteiger partial charge on any atom is 0.263 e. The highest BCUT2D eigenvalue weighted by molar-refractivity contribution is 9.10. The van der Waals surface area contributed by atoms with Crippen LogP contribution in [0.4, 0.5) is 5.69 Å². The predicted octanol–water partition coefficient (Wildman–Crippen LogP) is 6.84. The van der Waals surface area contributed by atoms with Crippen molar-refractivity contribution in [1.82, 2.24) is 9.88 Å². The monoisotopic (exact) mass is 621 g/mol. The molecule has 34 heavy (non-hydrogen) atoms. The fraction of sp³-hybridized carbons (Fsp3) is 0.227. The average Bonchev–Trinajstić information content (AvgIpc) is 3.15. The number of aromatic nitrogens is 1. The lowest BCUT2D eigenvalue weighted by atomic mass is 10.3. The second kappa shape index (κ2) is 10.8. The summed E-state index contributed by atoms with van der Waals surface area (Å²) in [7, 11) is -1.88. The van der Waals surface area contributed by atoms with E-state index in [2.05, 4.69) is 30.5 Å². The first-order chi connectivity index (χ1) is 16.1. The number of rotatable bonds is 7. The van der Waals surface area contributed by atoms with Gasteiger partial charge in [-0.1, -0.05) is 46.6 Å². The molecule has 1 fully saturated rings. The lowest BCUT2D eigenvalue weighted by Crippen LogP contribution is -2.21. The molecule has 0 radical (unpaired) electrons. The maximum absolute atomic E-state index is 13.0. The van der Waals surface area contributed by atoms with Crippen molar-refractivity contribution >= 4 is 78.2 Å². The Bertz CT molecular complexity index is 1310. The van der Waals surface area contributed by atoms with Crippen LogP contribution in [0.5, 0.6) is 5.75 Å². The zero-order valence-electron chi connectivity index (χ0n) is 17.8. The molecule has 1 aliphatic rings. The predicted molar refractivity (Wildman–Crippen MR) is 141 cm³/mol. The molecule has 1 aromatic heterocycles. The van der Waals surface area contributed by atoms with E-state index in [9.17, 15) is 8.42 Å². The summed E-state index contributed by atoms with van der Waals surface area (Å²) < 4.78 is 35.1. The van der Waals surface area contributed by atoms with Crippen LogP contribution < -0.4 is 9.46 Å². The van der Waals surface area contributed by atoms with E-state index < -0.39 is 10.0 Å². The van der Waals surface area contributed by atoms with E-state index in [-0.39, 0.29) is 11.0 Å². The first kappa shape index (κ1) is 25.9. The van der Waals surface area contributed by atoms with Crippen LogP contribution in [0.3, 0.4) is 0 Å². The number of likely N-dealkylation sites (N-methyl/N-ethyl adjacent to an activating group) is 1. The van der Waals surface area contributed by atoms with Crippen LogP contribution >= 0.6 is 62.5 Å². The van der Waals surface area contributed by atoms with Gasteiger partial charge in [0.15, 0.2) is 0 Å². The number of nitrogens with one attached hydrogen (secondary N) is 1. The minimum Gasteiger partial charge on any atom is -0.487 e. The normalized spacial score (nSPS) is 16.6. The molecule has 180 valence electrons. The molecule has 12 heteroatoms. The van der Waals surface area contributed by atoms with Crippen LogP contribution in [0.2, 0.25) is 15.1 Å². The summed E-state index contributed by atoms with van der Waals surface area (Å²) in [6, 6.07) is 11.4. The number of hydrogen-bond acceptors (Lipinski definition) is 6. The van der Waals surface area contributed by atoms with E-state index in [0.29, 0.717) is 36.0 Å². The lowest BCUT2D eigenvalue weighted by Gasteiger charge is -2.16. The zero-order valence-corrected chi connectivity index (χ0v) is 23.3. The van der Waals surface area contributed by atoms with E-state index in [1.54, 1.807) is 36.4 Å². The zero-order chi connectivity index (χ0) is 24.5. The third-order valence-electron chi connectivity index (χ3n) is 4.97. The van der Waals surface area contributed by atoms with Gasteiger partial charge >= 0.3 is 0 Å². The molecule has 0 unspecified atom stereocenters. The van der Waals surface area contributed by atoms with Crippen molar-refractivity contribution in [3.05, 3.63) is 68.2 Å². The van der Waals surface area contributed by atoms with Crippen molar-refractivity contribution in [2.24, 2.45) is 0 Å². The molecule has 1 N–H and O–H groups in total. The summed E-state index contributed by atoms with van der Waals surface area (Å²) >= 11 is 23.1. The molecule has 0 bridgehead atoms. The number of nitrogens with zero attached hydrogens (tertiary/aromatic N) is 2. The van der Waals surface area contributed by atoms with Crippen molar-refractivity contribution in [2.45, 2.75) is 27.3 Å². The number of halogens is 4. The molecule has 0 spiro atoms. The van der Waals surface area contributed by atoms with Crippen molar-refractivity contribution in [3.8, 4) is 5.75 Å². The van der Waals surface area contributed by atoms with Gasteiger partial charge in [0.05, 0.1) is 15.2 Å². The van der Waals surface area contributed by atoms with E-state index in [0.717, 1.165) is 24.4 Å². The minimum atomic E-state index is -3.91. The Kier molecular flexibility index (Phi) is 8.24. The van der Waals surface area contributed by atoms with Gasteiger partial charge < -0.3 is 9.64 Å². The number of sulfonamides is 1. The molecule has 4 rings (SSSR count). The van der Waals surface area contributed by atoms with Gasteiger partial charge in [0.25, 0.3) is 10.0 Å². The fourth-order valence-corrected chi connectivity index (χ4v) is 6.81. The van der Waals surface area contributed by atoms with Gasteiger partial charge in [-0.05, 0) is 65.8 Å². The molecule has 0 saturated carbocycles. The summed E-state index contributed by atoms with van der Waals surface area (Å²) in [5.41, 5.74) is 0.342. The van der Waals surface area contributed by atoms with Crippen molar-refractivity contribution in [1.29, 1.82) is 0 Å². The Morgan fingerprint density at radius 2 is 1.88 bits per heavy atom. The van der Waals surface area contributed by atoms with Crippen molar-refractivity contribution < 1.29 is 13.2 Å². The SMILES string of the molecule is CN1CC[C@@H](Oc2cc(NS(=O)(=O)c3cnc(Sc4cc(Cl)cc(Cl)c4)c(Br)c3)ccc2Cl)C1. The lowest BCUT2D eigenvalue weighted by molar-refractivity contribution is 0.208. The maximum atomic E-state index is 13.0. The Morgan fingerprint density at radius 1 is 1.15 bits per heavy atom. The van der Waals surface area contributed by atoms with Crippen molar-refractivity contribution in [3.63, 3.8) is 0 Å². The molecule has 1 atom stereocenters. The van der Waals surface area contributed by atoms with Gasteiger partial charge in [0, 0.05) is 40.3 Å². The van der Waals surface area contributed by atoms with Crippen molar-refractivity contribution in [2.75, 3.05) is 24.9 Å². The highest BCUT2D eigenvalue weighted by Gasteiger charge is 2.23. The molecule has 1 aliphatic heterocycles. The number of likely N-dealkylation sites (tertiary alicyclic amines) is 1. The quantitative estimate of drug-likeness (QED) is 0.311. The van der Waals surface area contributed by atoms with Gasteiger partial charge in [-0.3, -0.25) is 4.72 Å². The van der Waals surface area contributed by atoms with Gasteiger partial charge in [-0.15, -0.1) is 0 Å². The smallest absolute Gasteiger partial charge is 0.263 e. The minimum absolute atomic E-state index is 0.00249. The second-order valence-electron chi connectivity index (χ2n) is 7.71. The van der Waals surface area contributed by atoms with Gasteiger partial charge in [0.2, 0.25) is 0 Å². The summed E-state index contributed by atoms with van der Waals surface area (Å²) in [6.45, 7) is 1.73. The Morgan fingerprint density at radius 3 is 2.53 bits per heavy atom. The summed E-state index contributed by atoms with van der Waals surface area (Å²) in [5, 5.41) is 1.99. The molecule has 2 aromatic carbocycles. The van der Waals surface area contributed by atoms with Gasteiger partial charge in [-0.25, -0.2) is 13.4 Å². The Hall–Kier alpha value is -1.20. The second-order valence-corrected chi connectivity index (χ2v) is 12.6. The van der Waals surface area contributed by atoms with E-state index in [1.807, 2.05) is 7.05 Å². The highest BCUT2D eigenvalue weighted by Crippen LogP contribution is 2.36. The topological polar surface area (TPSA) is 71.5 Å². The molecular weight excluding hydrogens is 605 g/mol. The third-order valence-corrected chi connectivity index (χ3v) is 8.92. The highest BCUT2D eigenvalue weighted by atomic mass is 79.9. The first-order valence-corrected chi connectivity index (χ1v) is 14.3. The number of hydrogen-bond donors (Lipinski definition) is 1. The Balaban J connectivity index is 1.51. The van der Waals surface area contributed by atoms with E-state index in [1.165, 1.54) is 24.0 Å². The molecule has 0 amide bonds. The van der Waals surface area contributed by atoms with Crippen LogP contribution in [0.1, 0.15) is 6.42 Å². The summed E-state index contributed by atoms with van der Waals surface area (Å²) in [5.74, 6) is 0.438. The van der Waals surface area contributed by atoms with Gasteiger partial charge in [0.1, 0.15) is 21.8 Å². The van der Waals surface area contributed by atoms with Crippen LogP contribution in [0.15, 0.2) is 68.0 Å². The van der Waals surface area contributed by atoms with Crippen LogP contribution in [-0.2, 0) is 10.0 Å². The number of ether oxygens (including phenoxy) is 1. The Labute approximate surface area is 226 Å². The number of pyridine rings is 1. The number of benzene rings is 2. The van der Waals surface area contributed by atoms with Gasteiger partial charge in [-0.2, -0.15) is 0 Å². The molecule has 3 aromatic rings. The molecular formula is C22H19BrCl3N3O3S2. The standard InChI is InChI=1S/C22H19BrCl3N3O3S2/c1-29-5-4-16(12-29)32-21-9-15(2-3-20(21)26)28-34(30,31)18-10-19(23)22(27-11-18)33-17-7-13(24)6-14(25)8-17/h2-3,6-11,16,28H,4-5,12H2,1H3/t16-/m1/s1. The first-order valence-electron chi connectivity index (χ1n) is 10.1. The largest absolute Gasteiger partial charge is 0.487 e. The van der Waals surface area contributed by atoms with Crippen LogP contribution in [0, 0.1) is 0 Å². The van der Waals surface area contributed by atoms with Crippen LogP contribution in [0.25, 0.3) is 0 Å². The molecule has 6 nitrogen and oxygen atoms in total. The summed E-state index contributed by atoms with van der Waals surface area (Å²) in [4.78, 5) is 7.26.